The van der Waals surface area contributed by atoms with Crippen LogP contribution in [-0.2, 0) is 0 Å². The average Bonchev–Trinajstić information content (AvgIpc) is 3.62. The van der Waals surface area contributed by atoms with Gasteiger partial charge >= 0.3 is 0 Å². The van der Waals surface area contributed by atoms with Crippen molar-refractivity contribution in [2.24, 2.45) is 0 Å². The van der Waals surface area contributed by atoms with Gasteiger partial charge in [-0.3, -0.25) is 0 Å². The zero-order valence-electron chi connectivity index (χ0n) is 29.6. The van der Waals surface area contributed by atoms with Gasteiger partial charge in [-0.1, -0.05) is 164 Å². The van der Waals surface area contributed by atoms with Crippen molar-refractivity contribution in [2.75, 3.05) is 4.90 Å². The number of hydrogen-bond acceptors (Lipinski definition) is 2. The van der Waals surface area contributed by atoms with Crippen LogP contribution in [0.2, 0.25) is 0 Å². The Kier molecular flexibility index (Phi) is 7.85. The molecule has 0 amide bonds. The van der Waals surface area contributed by atoms with E-state index in [-0.39, 0.29) is 0 Å². The Hall–Kier alpha value is -7.16. The van der Waals surface area contributed by atoms with Gasteiger partial charge in [-0.2, -0.15) is 0 Å². The molecule has 0 unspecified atom stereocenters. The summed E-state index contributed by atoms with van der Waals surface area (Å²) in [6.45, 7) is 0. The summed E-state index contributed by atoms with van der Waals surface area (Å²) in [5.74, 6) is 0. The summed E-state index contributed by atoms with van der Waals surface area (Å²) in [6.07, 6.45) is 0. The van der Waals surface area contributed by atoms with E-state index in [2.05, 4.69) is 205 Å². The van der Waals surface area contributed by atoms with Crippen LogP contribution in [-0.4, -0.2) is 0 Å². The summed E-state index contributed by atoms with van der Waals surface area (Å²) in [4.78, 5) is 2.39. The maximum Gasteiger partial charge on any atom is 0.135 e. The van der Waals surface area contributed by atoms with E-state index in [0.717, 1.165) is 55.7 Å². The zero-order chi connectivity index (χ0) is 35.8. The molecule has 0 N–H and O–H groups in total. The SMILES string of the molecule is c1ccc(-c2ccc(-c3ccccc3N(c3cccc(-c4cccc(-c5cccc6ccccc56)c4)c3)c3ccc4oc5ccccc5c4c3)cc2)cc1. The van der Waals surface area contributed by atoms with Crippen molar-refractivity contribution in [2.45, 2.75) is 0 Å². The third kappa shape index (κ3) is 5.71. The summed E-state index contributed by atoms with van der Waals surface area (Å²) in [6, 6.07) is 76.0. The maximum absolute atomic E-state index is 6.27. The topological polar surface area (TPSA) is 16.4 Å². The summed E-state index contributed by atoms with van der Waals surface area (Å²) < 4.78 is 6.27. The van der Waals surface area contributed by atoms with Crippen molar-refractivity contribution in [3.63, 3.8) is 0 Å². The van der Waals surface area contributed by atoms with Gasteiger partial charge in [0.25, 0.3) is 0 Å². The molecule has 10 rings (SSSR count). The lowest BCUT2D eigenvalue weighted by molar-refractivity contribution is 0.669. The number of nitrogens with zero attached hydrogens (tertiary/aromatic N) is 1. The highest BCUT2D eigenvalue weighted by atomic mass is 16.3. The molecule has 0 radical (unpaired) electrons. The summed E-state index contributed by atoms with van der Waals surface area (Å²) in [7, 11) is 0. The highest BCUT2D eigenvalue weighted by Gasteiger charge is 2.20. The van der Waals surface area contributed by atoms with Crippen molar-refractivity contribution in [1.29, 1.82) is 0 Å². The van der Waals surface area contributed by atoms with Crippen LogP contribution in [0, 0.1) is 0 Å². The second kappa shape index (κ2) is 13.4. The number of hydrogen-bond donors (Lipinski definition) is 0. The molecule has 10 aromatic rings. The number of furan rings is 1. The normalized spacial score (nSPS) is 11.3. The Morgan fingerprint density at radius 2 is 0.870 bits per heavy atom. The van der Waals surface area contributed by atoms with Gasteiger partial charge in [0.2, 0.25) is 0 Å². The standard InChI is InChI=1S/C52H35NO/c1-2-13-36(14-3-1)37-27-29-39(30-28-37)47-22-6-8-25-50(47)53(44-31-32-52-49(35-44)48-23-7-9-26-51(48)54-52)43-20-11-18-41(34-43)40-17-10-19-42(33-40)46-24-12-16-38-15-4-5-21-45(38)46/h1-35H. The minimum atomic E-state index is 0.878. The van der Waals surface area contributed by atoms with E-state index < -0.39 is 0 Å². The molecule has 0 atom stereocenters. The van der Waals surface area contributed by atoms with E-state index in [1.54, 1.807) is 0 Å². The van der Waals surface area contributed by atoms with Gasteiger partial charge in [-0.25, -0.2) is 0 Å². The molecule has 9 aromatic carbocycles. The van der Waals surface area contributed by atoms with E-state index in [1.807, 2.05) is 12.1 Å². The van der Waals surface area contributed by atoms with Crippen LogP contribution in [0.25, 0.3) is 77.2 Å². The highest BCUT2D eigenvalue weighted by Crippen LogP contribution is 2.44. The number of fused-ring (bicyclic) bond motifs is 4. The smallest absolute Gasteiger partial charge is 0.135 e. The van der Waals surface area contributed by atoms with Crippen molar-refractivity contribution in [3.05, 3.63) is 212 Å². The largest absolute Gasteiger partial charge is 0.456 e. The molecule has 2 nitrogen and oxygen atoms in total. The molecular formula is C52H35NO. The molecule has 0 aliphatic carbocycles. The molecule has 0 spiro atoms. The Morgan fingerprint density at radius 3 is 1.76 bits per heavy atom. The first-order valence-electron chi connectivity index (χ1n) is 18.4. The fourth-order valence-corrected chi connectivity index (χ4v) is 7.83. The minimum Gasteiger partial charge on any atom is -0.456 e. The number of rotatable bonds is 7. The lowest BCUT2D eigenvalue weighted by Crippen LogP contribution is -2.11. The molecule has 0 saturated heterocycles. The molecule has 1 heterocycles. The Morgan fingerprint density at radius 1 is 0.296 bits per heavy atom. The monoisotopic (exact) mass is 689 g/mol. The fourth-order valence-electron chi connectivity index (χ4n) is 7.83. The second-order valence-corrected chi connectivity index (χ2v) is 13.7. The zero-order valence-corrected chi connectivity index (χ0v) is 29.6. The van der Waals surface area contributed by atoms with Gasteiger partial charge in [0.05, 0.1) is 5.69 Å². The predicted octanol–water partition coefficient (Wildman–Crippen LogP) is 14.9. The molecule has 54 heavy (non-hydrogen) atoms. The number of benzene rings is 9. The van der Waals surface area contributed by atoms with Gasteiger partial charge < -0.3 is 9.32 Å². The lowest BCUT2D eigenvalue weighted by atomic mass is 9.95. The van der Waals surface area contributed by atoms with Crippen LogP contribution in [0.3, 0.4) is 0 Å². The van der Waals surface area contributed by atoms with Gasteiger partial charge in [0.15, 0.2) is 0 Å². The van der Waals surface area contributed by atoms with E-state index >= 15 is 0 Å². The Labute approximate surface area is 314 Å². The second-order valence-electron chi connectivity index (χ2n) is 13.7. The van der Waals surface area contributed by atoms with Crippen molar-refractivity contribution in [3.8, 4) is 44.5 Å². The third-order valence-corrected chi connectivity index (χ3v) is 10.5. The van der Waals surface area contributed by atoms with Crippen LogP contribution >= 0.6 is 0 Å². The summed E-state index contributed by atoms with van der Waals surface area (Å²) >= 11 is 0. The quantitative estimate of drug-likeness (QED) is 0.166. The molecule has 0 aliphatic heterocycles. The van der Waals surface area contributed by atoms with Crippen molar-refractivity contribution >= 4 is 49.8 Å². The van der Waals surface area contributed by atoms with E-state index in [0.29, 0.717) is 0 Å². The maximum atomic E-state index is 6.27. The highest BCUT2D eigenvalue weighted by molar-refractivity contribution is 6.07. The van der Waals surface area contributed by atoms with E-state index in [4.69, 9.17) is 4.42 Å². The third-order valence-electron chi connectivity index (χ3n) is 10.5. The predicted molar refractivity (Wildman–Crippen MR) is 228 cm³/mol. The number of anilines is 3. The van der Waals surface area contributed by atoms with Gasteiger partial charge in [-0.05, 0) is 98.2 Å². The lowest BCUT2D eigenvalue weighted by Gasteiger charge is -2.28. The Bertz CT molecular complexity index is 2930. The fraction of sp³-hybridized carbons (Fsp3) is 0. The van der Waals surface area contributed by atoms with Gasteiger partial charge in [-0.15, -0.1) is 0 Å². The van der Waals surface area contributed by atoms with Crippen LogP contribution < -0.4 is 4.90 Å². The van der Waals surface area contributed by atoms with Crippen molar-refractivity contribution < 1.29 is 4.42 Å². The molecule has 1 aromatic heterocycles. The van der Waals surface area contributed by atoms with E-state index in [9.17, 15) is 0 Å². The van der Waals surface area contributed by atoms with Crippen LogP contribution in [0.15, 0.2) is 217 Å². The average molecular weight is 690 g/mol. The van der Waals surface area contributed by atoms with E-state index in [1.165, 1.54) is 38.6 Å². The molecule has 2 heteroatoms. The summed E-state index contributed by atoms with van der Waals surface area (Å²) in [5.41, 5.74) is 14.5. The van der Waals surface area contributed by atoms with Crippen LogP contribution in [0.5, 0.6) is 0 Å². The van der Waals surface area contributed by atoms with Crippen LogP contribution in [0.4, 0.5) is 17.1 Å². The molecule has 0 fully saturated rings. The molecular weight excluding hydrogens is 655 g/mol. The van der Waals surface area contributed by atoms with Gasteiger partial charge in [0.1, 0.15) is 11.2 Å². The molecule has 254 valence electrons. The molecule has 0 aliphatic rings. The number of para-hydroxylation sites is 2. The van der Waals surface area contributed by atoms with Crippen molar-refractivity contribution in [1.82, 2.24) is 0 Å². The first-order valence-corrected chi connectivity index (χ1v) is 18.4. The van der Waals surface area contributed by atoms with Crippen LogP contribution in [0.1, 0.15) is 0 Å². The molecule has 0 bridgehead atoms. The van der Waals surface area contributed by atoms with Gasteiger partial charge in [0, 0.05) is 27.7 Å². The minimum absolute atomic E-state index is 0.878. The molecule has 0 saturated carbocycles. The first kappa shape index (κ1) is 31.6. The Balaban J connectivity index is 1.12. The summed E-state index contributed by atoms with van der Waals surface area (Å²) in [5, 5.41) is 4.70. The first-order chi connectivity index (χ1) is 26.8.